The molecule has 0 radical (unpaired) electrons. The second-order valence-electron chi connectivity index (χ2n) is 6.59. The van der Waals surface area contributed by atoms with E-state index in [2.05, 4.69) is 10.5 Å². The summed E-state index contributed by atoms with van der Waals surface area (Å²) in [5.74, 6) is 0.149. The van der Waals surface area contributed by atoms with Crippen molar-refractivity contribution in [2.75, 3.05) is 5.32 Å². The first-order valence-corrected chi connectivity index (χ1v) is 8.58. The van der Waals surface area contributed by atoms with Gasteiger partial charge in [0.25, 0.3) is 5.91 Å². The van der Waals surface area contributed by atoms with Crippen LogP contribution in [0.4, 0.5) is 5.69 Å². The molecule has 0 fully saturated rings. The summed E-state index contributed by atoms with van der Waals surface area (Å²) in [7, 11) is 0. The van der Waals surface area contributed by atoms with Crippen LogP contribution < -0.4 is 5.32 Å². The Morgan fingerprint density at radius 1 is 0.963 bits per heavy atom. The Morgan fingerprint density at radius 2 is 1.78 bits per heavy atom. The van der Waals surface area contributed by atoms with E-state index in [0.29, 0.717) is 44.6 Å². The van der Waals surface area contributed by atoms with Crippen molar-refractivity contribution in [3.8, 4) is 11.3 Å². The zero-order valence-electron chi connectivity index (χ0n) is 14.4. The number of carbonyl (C=O) groups is 2. The van der Waals surface area contributed by atoms with Crippen LogP contribution in [0.1, 0.15) is 31.8 Å². The van der Waals surface area contributed by atoms with Gasteiger partial charge in [0.1, 0.15) is 5.52 Å². The van der Waals surface area contributed by atoms with E-state index in [1.165, 1.54) is 0 Å². The maximum atomic E-state index is 12.8. The molecule has 1 amide bonds. The fourth-order valence-electron chi connectivity index (χ4n) is 3.55. The van der Waals surface area contributed by atoms with Gasteiger partial charge in [0.2, 0.25) is 0 Å². The molecule has 1 aliphatic rings. The van der Waals surface area contributed by atoms with Crippen LogP contribution in [0.2, 0.25) is 0 Å². The van der Waals surface area contributed by atoms with Crippen LogP contribution in [-0.2, 0) is 0 Å². The van der Waals surface area contributed by atoms with E-state index in [1.807, 2.05) is 49.4 Å². The van der Waals surface area contributed by atoms with Crippen molar-refractivity contribution in [3.05, 3.63) is 82.9 Å². The molecule has 4 aromatic rings. The minimum absolute atomic E-state index is 0.0862. The molecule has 0 atom stereocenters. The van der Waals surface area contributed by atoms with Gasteiger partial charge in [-0.15, -0.1) is 0 Å². The van der Waals surface area contributed by atoms with Crippen molar-refractivity contribution in [2.45, 2.75) is 6.92 Å². The number of hydrogen-bond acceptors (Lipinski definition) is 4. The molecule has 1 aliphatic carbocycles. The summed E-state index contributed by atoms with van der Waals surface area (Å²) in [6.07, 6.45) is 0. The summed E-state index contributed by atoms with van der Waals surface area (Å²) in [5, 5.41) is 7.59. The quantitative estimate of drug-likeness (QED) is 0.503. The van der Waals surface area contributed by atoms with E-state index in [1.54, 1.807) is 18.2 Å². The summed E-state index contributed by atoms with van der Waals surface area (Å²) in [6.45, 7) is 1.96. The number of carbonyl (C=O) groups excluding carboxylic acids is 2. The van der Waals surface area contributed by atoms with Gasteiger partial charge < -0.3 is 9.84 Å². The Bertz CT molecular complexity index is 1250. The SMILES string of the molecule is Cc1cccc(NC(=O)c2ccc3c4c(onc24)-c2ccccc2C3=O)c1. The molecule has 1 heterocycles. The van der Waals surface area contributed by atoms with Crippen molar-refractivity contribution in [1.29, 1.82) is 0 Å². The minimum atomic E-state index is -0.293. The fourth-order valence-corrected chi connectivity index (χ4v) is 3.55. The molecule has 130 valence electrons. The lowest BCUT2D eigenvalue weighted by Gasteiger charge is -2.14. The van der Waals surface area contributed by atoms with Gasteiger partial charge >= 0.3 is 0 Å². The van der Waals surface area contributed by atoms with Crippen LogP contribution >= 0.6 is 0 Å². The molecule has 1 aromatic heterocycles. The largest absolute Gasteiger partial charge is 0.355 e. The normalized spacial score (nSPS) is 12.1. The summed E-state index contributed by atoms with van der Waals surface area (Å²) >= 11 is 0. The zero-order chi connectivity index (χ0) is 18.5. The molecule has 0 spiro atoms. The number of benzene rings is 3. The third-order valence-corrected chi connectivity index (χ3v) is 4.81. The Hall–Kier alpha value is -3.73. The van der Waals surface area contributed by atoms with Crippen LogP contribution in [-0.4, -0.2) is 16.8 Å². The van der Waals surface area contributed by atoms with Gasteiger partial charge in [-0.25, -0.2) is 0 Å². The Kier molecular flexibility index (Phi) is 3.24. The Morgan fingerprint density at radius 3 is 2.59 bits per heavy atom. The van der Waals surface area contributed by atoms with E-state index in [4.69, 9.17) is 4.52 Å². The second-order valence-corrected chi connectivity index (χ2v) is 6.59. The number of anilines is 1. The first kappa shape index (κ1) is 15.5. The van der Waals surface area contributed by atoms with E-state index in [0.717, 1.165) is 5.56 Å². The smallest absolute Gasteiger partial charge is 0.258 e. The van der Waals surface area contributed by atoms with Crippen LogP contribution in [0.25, 0.3) is 22.2 Å². The van der Waals surface area contributed by atoms with Crippen LogP contribution in [0.15, 0.2) is 65.2 Å². The summed E-state index contributed by atoms with van der Waals surface area (Å²) in [5.41, 5.74) is 4.32. The van der Waals surface area contributed by atoms with Gasteiger partial charge in [0, 0.05) is 22.4 Å². The first-order valence-electron chi connectivity index (χ1n) is 8.58. The van der Waals surface area contributed by atoms with E-state index >= 15 is 0 Å². The van der Waals surface area contributed by atoms with Gasteiger partial charge in [-0.05, 0) is 36.8 Å². The molecule has 5 rings (SSSR count). The summed E-state index contributed by atoms with van der Waals surface area (Å²) in [6, 6.07) is 18.1. The maximum absolute atomic E-state index is 12.8. The van der Waals surface area contributed by atoms with Crippen LogP contribution in [0.5, 0.6) is 0 Å². The number of hydrogen-bond donors (Lipinski definition) is 1. The Labute approximate surface area is 154 Å². The number of nitrogens with one attached hydrogen (secondary N) is 1. The molecular formula is C22H14N2O3. The topological polar surface area (TPSA) is 72.2 Å². The maximum Gasteiger partial charge on any atom is 0.258 e. The minimum Gasteiger partial charge on any atom is -0.355 e. The number of ketones is 1. The third-order valence-electron chi connectivity index (χ3n) is 4.81. The van der Waals surface area contributed by atoms with Crippen molar-refractivity contribution < 1.29 is 14.1 Å². The molecule has 5 heteroatoms. The predicted molar refractivity (Wildman–Crippen MR) is 102 cm³/mol. The molecule has 1 N–H and O–H groups in total. The lowest BCUT2D eigenvalue weighted by molar-refractivity contribution is 0.102. The molecule has 0 unspecified atom stereocenters. The monoisotopic (exact) mass is 354 g/mol. The van der Waals surface area contributed by atoms with Crippen LogP contribution in [0.3, 0.4) is 0 Å². The third kappa shape index (κ3) is 2.29. The van der Waals surface area contributed by atoms with E-state index in [-0.39, 0.29) is 11.7 Å². The molecule has 0 saturated heterocycles. The second kappa shape index (κ2) is 5.64. The van der Waals surface area contributed by atoms with E-state index < -0.39 is 0 Å². The Balaban J connectivity index is 1.65. The number of rotatable bonds is 2. The standard InChI is InChI=1S/C22H14N2O3/c1-12-5-4-6-13(11-12)23-22(26)17-10-9-16-18-19(17)24-27-21(18)15-8-3-2-7-14(15)20(16)25/h2-11H,1H3,(H,23,26). The average Bonchev–Trinajstić information content (AvgIpc) is 3.11. The lowest BCUT2D eigenvalue weighted by Crippen LogP contribution is -2.14. The number of aromatic nitrogens is 1. The summed E-state index contributed by atoms with van der Waals surface area (Å²) < 4.78 is 5.55. The molecule has 3 aromatic carbocycles. The van der Waals surface area contributed by atoms with E-state index in [9.17, 15) is 9.59 Å². The van der Waals surface area contributed by atoms with Gasteiger partial charge in [0.15, 0.2) is 11.5 Å². The van der Waals surface area contributed by atoms with Crippen molar-refractivity contribution in [2.24, 2.45) is 0 Å². The van der Waals surface area contributed by atoms with Crippen molar-refractivity contribution in [1.82, 2.24) is 5.16 Å². The molecule has 0 aliphatic heterocycles. The lowest BCUT2D eigenvalue weighted by atomic mass is 9.87. The number of nitrogens with zero attached hydrogens (tertiary/aromatic N) is 1. The molecular weight excluding hydrogens is 340 g/mol. The number of fused-ring (bicyclic) bond motifs is 2. The van der Waals surface area contributed by atoms with Crippen molar-refractivity contribution in [3.63, 3.8) is 0 Å². The van der Waals surface area contributed by atoms with Gasteiger partial charge in [-0.3, -0.25) is 9.59 Å². The molecule has 27 heavy (non-hydrogen) atoms. The molecule has 0 saturated carbocycles. The highest BCUT2D eigenvalue weighted by Crippen LogP contribution is 2.40. The van der Waals surface area contributed by atoms with Gasteiger partial charge in [-0.2, -0.15) is 0 Å². The predicted octanol–water partition coefficient (Wildman–Crippen LogP) is 4.60. The molecule has 0 bridgehead atoms. The number of amides is 1. The van der Waals surface area contributed by atoms with Gasteiger partial charge in [0.05, 0.1) is 10.9 Å². The highest BCUT2D eigenvalue weighted by Gasteiger charge is 2.30. The zero-order valence-corrected chi connectivity index (χ0v) is 14.4. The highest BCUT2D eigenvalue weighted by molar-refractivity contribution is 6.27. The first-order chi connectivity index (χ1) is 13.1. The van der Waals surface area contributed by atoms with Crippen LogP contribution in [0, 0.1) is 6.92 Å². The number of aryl methyl sites for hydroxylation is 1. The summed E-state index contributed by atoms with van der Waals surface area (Å²) in [4.78, 5) is 25.6. The van der Waals surface area contributed by atoms with Crippen molar-refractivity contribution >= 4 is 28.3 Å². The highest BCUT2D eigenvalue weighted by atomic mass is 16.5. The average molecular weight is 354 g/mol. The van der Waals surface area contributed by atoms with Gasteiger partial charge in [-0.1, -0.05) is 41.6 Å². The molecule has 5 nitrogen and oxygen atoms in total. The fraction of sp³-hybridized carbons (Fsp3) is 0.0455.